The molecule has 0 fully saturated rings. The number of amides is 1. The third-order valence-corrected chi connectivity index (χ3v) is 7.84. The highest BCUT2D eigenvalue weighted by Crippen LogP contribution is 2.29. The minimum atomic E-state index is 0.112. The molecule has 7 heteroatoms. The van der Waals surface area contributed by atoms with E-state index in [2.05, 4.69) is 93.6 Å². The summed E-state index contributed by atoms with van der Waals surface area (Å²) in [5.74, 6) is 0.948. The minimum Gasteiger partial charge on any atom is -0.367 e. The van der Waals surface area contributed by atoms with Gasteiger partial charge in [0.05, 0.1) is 15.7 Å². The number of fused-ring (bicyclic) bond motifs is 1. The van der Waals surface area contributed by atoms with Gasteiger partial charge in [0.2, 0.25) is 5.91 Å². The van der Waals surface area contributed by atoms with Gasteiger partial charge in [0.1, 0.15) is 12.1 Å². The summed E-state index contributed by atoms with van der Waals surface area (Å²) >= 11 is 5.11. The molecule has 0 aliphatic heterocycles. The number of aromatic nitrogens is 2. The highest BCUT2D eigenvalue weighted by molar-refractivity contribution is 9.11. The fraction of sp³-hybridized carbons (Fsp3) is 0.194. The van der Waals surface area contributed by atoms with Crippen LogP contribution in [-0.2, 0) is 24.3 Å². The van der Waals surface area contributed by atoms with Crippen LogP contribution in [-0.4, -0.2) is 26.8 Å². The van der Waals surface area contributed by atoms with Gasteiger partial charge in [-0.3, -0.25) is 4.79 Å². The van der Waals surface area contributed by atoms with Crippen LogP contribution in [0.1, 0.15) is 29.9 Å². The second-order valence-electron chi connectivity index (χ2n) is 9.57. The van der Waals surface area contributed by atoms with Crippen molar-refractivity contribution < 1.29 is 4.79 Å². The summed E-state index contributed by atoms with van der Waals surface area (Å²) in [6, 6.07) is 29.1. The Bertz CT molecular complexity index is 1550. The van der Waals surface area contributed by atoms with Gasteiger partial charge in [-0.2, -0.15) is 0 Å². The monoisotopic (exact) mass is 584 g/mol. The normalized spacial score (nSPS) is 11.2. The zero-order valence-corrected chi connectivity index (χ0v) is 23.8. The SMILES string of the molecule is CC(C)Nc1ncnc2ccc(-c3cccc(CN(Cc4ccccc4)C(=O)Cc4ccc(Br)s4)c3)cc12. The molecule has 5 nitrogen and oxygen atoms in total. The number of benzene rings is 3. The van der Waals surface area contributed by atoms with Crippen LogP contribution in [0, 0.1) is 0 Å². The van der Waals surface area contributed by atoms with E-state index in [1.54, 1.807) is 17.7 Å². The smallest absolute Gasteiger partial charge is 0.228 e. The lowest BCUT2D eigenvalue weighted by molar-refractivity contribution is -0.131. The maximum atomic E-state index is 13.5. The molecule has 0 unspecified atom stereocenters. The molecule has 0 aliphatic carbocycles. The van der Waals surface area contributed by atoms with Crippen LogP contribution in [0.15, 0.2) is 95.0 Å². The molecule has 2 aromatic heterocycles. The van der Waals surface area contributed by atoms with E-state index in [-0.39, 0.29) is 11.9 Å². The van der Waals surface area contributed by atoms with Crippen molar-refractivity contribution in [2.45, 2.75) is 39.4 Å². The van der Waals surface area contributed by atoms with Crippen LogP contribution in [0.25, 0.3) is 22.0 Å². The zero-order valence-electron chi connectivity index (χ0n) is 21.4. The quantitative estimate of drug-likeness (QED) is 0.193. The average molecular weight is 586 g/mol. The van der Waals surface area contributed by atoms with Crippen LogP contribution >= 0.6 is 27.3 Å². The molecule has 1 amide bonds. The van der Waals surface area contributed by atoms with E-state index in [0.717, 1.165) is 47.6 Å². The first-order valence-corrected chi connectivity index (χ1v) is 14.2. The van der Waals surface area contributed by atoms with Crippen molar-refractivity contribution in [1.29, 1.82) is 0 Å². The maximum Gasteiger partial charge on any atom is 0.228 e. The molecule has 5 aromatic rings. The molecule has 192 valence electrons. The van der Waals surface area contributed by atoms with Gasteiger partial charge in [0, 0.05) is 29.4 Å². The largest absolute Gasteiger partial charge is 0.367 e. The van der Waals surface area contributed by atoms with E-state index in [4.69, 9.17) is 0 Å². The van der Waals surface area contributed by atoms with Crippen LogP contribution in [0.3, 0.4) is 0 Å². The molecule has 2 heterocycles. The molecule has 0 bridgehead atoms. The summed E-state index contributed by atoms with van der Waals surface area (Å²) in [5.41, 5.74) is 5.29. The molecule has 0 atom stereocenters. The molecular weight excluding hydrogens is 556 g/mol. The number of hydrogen-bond donors (Lipinski definition) is 1. The first-order valence-electron chi connectivity index (χ1n) is 12.6. The molecular formula is C31H29BrN4OS. The van der Waals surface area contributed by atoms with Crippen molar-refractivity contribution in [2.75, 3.05) is 5.32 Å². The summed E-state index contributed by atoms with van der Waals surface area (Å²) < 4.78 is 1.04. The van der Waals surface area contributed by atoms with Gasteiger partial charge in [0.15, 0.2) is 0 Å². The van der Waals surface area contributed by atoms with Crippen LogP contribution in [0.2, 0.25) is 0 Å². The predicted octanol–water partition coefficient (Wildman–Crippen LogP) is 7.71. The minimum absolute atomic E-state index is 0.112. The van der Waals surface area contributed by atoms with E-state index in [9.17, 15) is 4.79 Å². The van der Waals surface area contributed by atoms with E-state index in [1.165, 1.54) is 0 Å². The maximum absolute atomic E-state index is 13.5. The fourth-order valence-corrected chi connectivity index (χ4v) is 5.91. The molecule has 1 N–H and O–H groups in total. The number of hydrogen-bond acceptors (Lipinski definition) is 5. The molecule has 0 saturated carbocycles. The third-order valence-electron chi connectivity index (χ3n) is 6.22. The standard InChI is InChI=1S/C31H29BrN4OS/c1-21(2)35-31-27-16-25(11-13-28(27)33-20-34-31)24-10-6-9-23(15-24)19-36(18-22-7-4-3-5-8-22)30(37)17-26-12-14-29(32)38-26/h3-16,20-21H,17-19H2,1-2H3,(H,33,34,35). The number of carbonyl (C=O) groups excluding carboxylic acids is 1. The number of nitrogens with zero attached hydrogens (tertiary/aromatic N) is 3. The van der Waals surface area contributed by atoms with E-state index in [0.29, 0.717) is 19.5 Å². The second kappa shape index (κ2) is 11.9. The van der Waals surface area contributed by atoms with Gasteiger partial charge in [-0.25, -0.2) is 9.97 Å². The van der Waals surface area contributed by atoms with E-state index < -0.39 is 0 Å². The number of thiophene rings is 1. The van der Waals surface area contributed by atoms with Gasteiger partial charge < -0.3 is 10.2 Å². The highest BCUT2D eigenvalue weighted by atomic mass is 79.9. The zero-order chi connectivity index (χ0) is 26.5. The van der Waals surface area contributed by atoms with Gasteiger partial charge in [-0.15, -0.1) is 11.3 Å². The summed E-state index contributed by atoms with van der Waals surface area (Å²) in [6.45, 7) is 5.29. The van der Waals surface area contributed by atoms with E-state index >= 15 is 0 Å². The summed E-state index contributed by atoms with van der Waals surface area (Å²) in [6.07, 6.45) is 1.99. The third kappa shape index (κ3) is 6.47. The Balaban J connectivity index is 1.42. The first-order chi connectivity index (χ1) is 18.4. The number of anilines is 1. The Labute approximate surface area is 235 Å². The first kappa shape index (κ1) is 26.1. The molecule has 0 spiro atoms. The molecule has 0 saturated heterocycles. The number of rotatable bonds is 9. The van der Waals surface area contributed by atoms with Crippen LogP contribution < -0.4 is 5.32 Å². The fourth-order valence-electron chi connectivity index (χ4n) is 4.44. The van der Waals surface area contributed by atoms with Gasteiger partial charge in [-0.05, 0) is 82.4 Å². The van der Waals surface area contributed by atoms with Crippen molar-refractivity contribution in [2.24, 2.45) is 0 Å². The van der Waals surface area contributed by atoms with Crippen LogP contribution in [0.4, 0.5) is 5.82 Å². The van der Waals surface area contributed by atoms with Gasteiger partial charge >= 0.3 is 0 Å². The topological polar surface area (TPSA) is 58.1 Å². The molecule has 0 radical (unpaired) electrons. The Morgan fingerprint density at radius 2 is 1.66 bits per heavy atom. The Kier molecular flexibility index (Phi) is 8.15. The lowest BCUT2D eigenvalue weighted by atomic mass is 10.0. The van der Waals surface area contributed by atoms with Gasteiger partial charge in [-0.1, -0.05) is 54.6 Å². The van der Waals surface area contributed by atoms with Crippen molar-refractivity contribution in [1.82, 2.24) is 14.9 Å². The molecule has 3 aromatic carbocycles. The Morgan fingerprint density at radius 1 is 0.895 bits per heavy atom. The predicted molar refractivity (Wildman–Crippen MR) is 160 cm³/mol. The Morgan fingerprint density at radius 3 is 2.42 bits per heavy atom. The average Bonchev–Trinajstić information content (AvgIpc) is 3.33. The highest BCUT2D eigenvalue weighted by Gasteiger charge is 2.17. The number of nitrogens with one attached hydrogen (secondary N) is 1. The second-order valence-corrected chi connectivity index (χ2v) is 12.1. The summed E-state index contributed by atoms with van der Waals surface area (Å²) in [4.78, 5) is 25.4. The lowest BCUT2D eigenvalue weighted by Gasteiger charge is -2.23. The Hall–Kier alpha value is -3.55. The molecule has 5 rings (SSSR count). The van der Waals surface area contributed by atoms with Gasteiger partial charge in [0.25, 0.3) is 0 Å². The number of carbonyl (C=O) groups is 1. The van der Waals surface area contributed by atoms with E-state index in [1.807, 2.05) is 41.3 Å². The van der Waals surface area contributed by atoms with Crippen molar-refractivity contribution >= 4 is 49.9 Å². The molecule has 38 heavy (non-hydrogen) atoms. The van der Waals surface area contributed by atoms with Crippen LogP contribution in [0.5, 0.6) is 0 Å². The van der Waals surface area contributed by atoms with Crippen molar-refractivity contribution in [3.8, 4) is 11.1 Å². The summed E-state index contributed by atoms with van der Waals surface area (Å²) in [5, 5.41) is 4.42. The summed E-state index contributed by atoms with van der Waals surface area (Å²) in [7, 11) is 0. The number of halogens is 1. The van der Waals surface area contributed by atoms with Crippen molar-refractivity contribution in [3.63, 3.8) is 0 Å². The molecule has 0 aliphatic rings. The van der Waals surface area contributed by atoms with Crippen molar-refractivity contribution in [3.05, 3.63) is 111 Å². The lowest BCUT2D eigenvalue weighted by Crippen LogP contribution is -2.31.